The third-order valence-electron chi connectivity index (χ3n) is 0.417. The van der Waals surface area contributed by atoms with Gasteiger partial charge >= 0.3 is 0 Å². The van der Waals surface area contributed by atoms with E-state index < -0.39 is 12.6 Å². The first-order valence-electron chi connectivity index (χ1n) is 1.93. The van der Waals surface area contributed by atoms with Gasteiger partial charge in [-0.1, -0.05) is 0 Å². The van der Waals surface area contributed by atoms with Crippen molar-refractivity contribution in [1.29, 1.82) is 0 Å². The van der Waals surface area contributed by atoms with Crippen molar-refractivity contribution in [2.45, 2.75) is 0 Å². The Labute approximate surface area is 41.7 Å². The Hall–Kier alpha value is -0.600. The second kappa shape index (κ2) is 3.59. The largest absolute Gasteiger partial charge is 0.353 e. The highest BCUT2D eigenvalue weighted by atomic mass is 19.1. The lowest BCUT2D eigenvalue weighted by molar-refractivity contribution is -0.116. The van der Waals surface area contributed by atoms with E-state index in [-0.39, 0.29) is 6.54 Å². The molecule has 0 heterocycles. The minimum absolute atomic E-state index is 0.0718. The standard InChI is InChI=1S/C4H7FNO/c1-4(7)6-3-2-5/h1-3H2,(H,6,7). The van der Waals surface area contributed by atoms with Crippen LogP contribution < -0.4 is 5.32 Å². The smallest absolute Gasteiger partial charge is 0.220 e. The zero-order valence-electron chi connectivity index (χ0n) is 3.91. The number of carbonyl (C=O) groups is 1. The summed E-state index contributed by atoms with van der Waals surface area (Å²) in [6.07, 6.45) is 0. The summed E-state index contributed by atoms with van der Waals surface area (Å²) in [5.41, 5.74) is 0. The van der Waals surface area contributed by atoms with Crippen LogP contribution in [0.25, 0.3) is 0 Å². The molecule has 2 nitrogen and oxygen atoms in total. The molecule has 0 rings (SSSR count). The lowest BCUT2D eigenvalue weighted by Crippen LogP contribution is -2.22. The minimum Gasteiger partial charge on any atom is -0.353 e. The average molecular weight is 104 g/mol. The Bertz CT molecular complexity index is 64.7. The molecular weight excluding hydrogens is 97.0 g/mol. The lowest BCUT2D eigenvalue weighted by Gasteiger charge is -1.91. The summed E-state index contributed by atoms with van der Waals surface area (Å²) in [7, 11) is 0. The van der Waals surface area contributed by atoms with E-state index in [4.69, 9.17) is 0 Å². The van der Waals surface area contributed by atoms with Gasteiger partial charge in [-0.3, -0.25) is 4.79 Å². The number of nitrogens with one attached hydrogen (secondary N) is 1. The molecule has 1 radical (unpaired) electrons. The summed E-state index contributed by atoms with van der Waals surface area (Å²) >= 11 is 0. The van der Waals surface area contributed by atoms with E-state index in [0.29, 0.717) is 0 Å². The Balaban J connectivity index is 2.82. The van der Waals surface area contributed by atoms with E-state index in [1.165, 1.54) is 0 Å². The molecule has 0 unspecified atom stereocenters. The van der Waals surface area contributed by atoms with Crippen LogP contribution in [0.2, 0.25) is 0 Å². The van der Waals surface area contributed by atoms with Crippen LogP contribution in [0.15, 0.2) is 0 Å². The first-order valence-corrected chi connectivity index (χ1v) is 1.93. The van der Waals surface area contributed by atoms with Gasteiger partial charge in [-0.15, -0.1) is 0 Å². The molecule has 0 aromatic carbocycles. The molecule has 0 aliphatic rings. The van der Waals surface area contributed by atoms with E-state index in [1.807, 2.05) is 0 Å². The molecule has 0 bridgehead atoms. The van der Waals surface area contributed by atoms with Gasteiger partial charge in [0.2, 0.25) is 5.91 Å². The molecule has 0 aliphatic carbocycles. The second-order valence-corrected chi connectivity index (χ2v) is 1.04. The molecule has 3 heteroatoms. The van der Waals surface area contributed by atoms with Crippen molar-refractivity contribution < 1.29 is 9.18 Å². The van der Waals surface area contributed by atoms with Gasteiger partial charge in [0, 0.05) is 13.5 Å². The zero-order valence-corrected chi connectivity index (χ0v) is 3.91. The van der Waals surface area contributed by atoms with Crippen LogP contribution >= 0.6 is 0 Å². The van der Waals surface area contributed by atoms with Crippen molar-refractivity contribution in [2.24, 2.45) is 0 Å². The highest BCUT2D eigenvalue weighted by Crippen LogP contribution is 1.61. The van der Waals surface area contributed by atoms with Crippen molar-refractivity contribution >= 4 is 5.91 Å². The monoisotopic (exact) mass is 104 g/mol. The molecule has 0 aliphatic heterocycles. The highest BCUT2D eigenvalue weighted by Gasteiger charge is 1.85. The molecule has 0 saturated carbocycles. The third kappa shape index (κ3) is 5.40. The van der Waals surface area contributed by atoms with Gasteiger partial charge < -0.3 is 5.32 Å². The zero-order chi connectivity index (χ0) is 5.70. The average Bonchev–Trinajstić information content (AvgIpc) is 1.61. The molecule has 0 aromatic heterocycles. The number of hydrogen-bond donors (Lipinski definition) is 1. The lowest BCUT2D eigenvalue weighted by atomic mass is 10.6. The normalized spacial score (nSPS) is 8.29. The van der Waals surface area contributed by atoms with Crippen LogP contribution in [-0.4, -0.2) is 19.1 Å². The first-order chi connectivity index (χ1) is 3.27. The third-order valence-corrected chi connectivity index (χ3v) is 0.417. The fourth-order valence-electron chi connectivity index (χ4n) is 0.187. The van der Waals surface area contributed by atoms with E-state index in [1.54, 1.807) is 0 Å². The van der Waals surface area contributed by atoms with Gasteiger partial charge in [-0.05, 0) is 0 Å². The van der Waals surface area contributed by atoms with Gasteiger partial charge in [-0.2, -0.15) is 0 Å². The Kier molecular flexibility index (Phi) is 3.28. The maximum absolute atomic E-state index is 11.1. The number of rotatable bonds is 2. The van der Waals surface area contributed by atoms with Crippen LogP contribution in [0.3, 0.4) is 0 Å². The number of alkyl halides is 1. The van der Waals surface area contributed by atoms with Gasteiger partial charge in [0.25, 0.3) is 0 Å². The van der Waals surface area contributed by atoms with Gasteiger partial charge in [0.15, 0.2) is 0 Å². The Morgan fingerprint density at radius 1 is 1.86 bits per heavy atom. The molecule has 41 valence electrons. The van der Waals surface area contributed by atoms with Crippen LogP contribution in [0, 0.1) is 6.92 Å². The van der Waals surface area contributed by atoms with E-state index >= 15 is 0 Å². The van der Waals surface area contributed by atoms with Crippen molar-refractivity contribution in [2.75, 3.05) is 13.2 Å². The predicted octanol–water partition coefficient (Wildman–Crippen LogP) is -0.0938. The Morgan fingerprint density at radius 2 is 2.43 bits per heavy atom. The quantitative estimate of drug-likeness (QED) is 0.521. The van der Waals surface area contributed by atoms with Crippen molar-refractivity contribution in [1.82, 2.24) is 5.32 Å². The van der Waals surface area contributed by atoms with Gasteiger partial charge in [-0.25, -0.2) is 4.39 Å². The fourth-order valence-corrected chi connectivity index (χ4v) is 0.187. The maximum Gasteiger partial charge on any atom is 0.220 e. The summed E-state index contributed by atoms with van der Waals surface area (Å²) in [5.74, 6) is -0.433. The second-order valence-electron chi connectivity index (χ2n) is 1.04. The first kappa shape index (κ1) is 6.40. The number of amides is 1. The highest BCUT2D eigenvalue weighted by molar-refractivity contribution is 5.79. The number of hydrogen-bond acceptors (Lipinski definition) is 1. The molecule has 1 N–H and O–H groups in total. The number of halogens is 1. The van der Waals surface area contributed by atoms with Crippen LogP contribution in [0.5, 0.6) is 0 Å². The van der Waals surface area contributed by atoms with Gasteiger partial charge in [0.05, 0.1) is 0 Å². The molecule has 0 fully saturated rings. The van der Waals surface area contributed by atoms with Crippen molar-refractivity contribution in [3.8, 4) is 0 Å². The van der Waals surface area contributed by atoms with Crippen LogP contribution in [-0.2, 0) is 4.79 Å². The summed E-state index contributed by atoms with van der Waals surface area (Å²) < 4.78 is 11.1. The number of carbonyl (C=O) groups excluding carboxylic acids is 1. The fraction of sp³-hybridized carbons (Fsp3) is 0.500. The molecule has 0 aromatic rings. The molecular formula is C4H7FNO. The SMILES string of the molecule is [CH2]C(=O)NCCF. The summed E-state index contributed by atoms with van der Waals surface area (Å²) in [5, 5.41) is 2.17. The van der Waals surface area contributed by atoms with Crippen LogP contribution in [0.1, 0.15) is 0 Å². The molecule has 0 saturated heterocycles. The molecule has 0 atom stereocenters. The summed E-state index contributed by atoms with van der Waals surface area (Å²) in [6.45, 7) is 2.50. The van der Waals surface area contributed by atoms with Crippen molar-refractivity contribution in [3.63, 3.8) is 0 Å². The minimum atomic E-state index is -0.527. The van der Waals surface area contributed by atoms with E-state index in [0.717, 1.165) is 0 Å². The topological polar surface area (TPSA) is 29.1 Å². The summed E-state index contributed by atoms with van der Waals surface area (Å²) in [4.78, 5) is 9.81. The Morgan fingerprint density at radius 3 is 2.57 bits per heavy atom. The summed E-state index contributed by atoms with van der Waals surface area (Å²) in [6, 6.07) is 0. The maximum atomic E-state index is 11.1. The van der Waals surface area contributed by atoms with E-state index in [2.05, 4.69) is 12.2 Å². The van der Waals surface area contributed by atoms with Crippen LogP contribution in [0.4, 0.5) is 4.39 Å². The van der Waals surface area contributed by atoms with E-state index in [9.17, 15) is 9.18 Å². The predicted molar refractivity (Wildman–Crippen MR) is 24.3 cm³/mol. The molecule has 1 amide bonds. The molecule has 0 spiro atoms. The van der Waals surface area contributed by atoms with Crippen molar-refractivity contribution in [3.05, 3.63) is 6.92 Å². The van der Waals surface area contributed by atoms with Gasteiger partial charge in [0.1, 0.15) is 6.67 Å². The molecule has 7 heavy (non-hydrogen) atoms.